The molecule has 0 fully saturated rings. The molecule has 4 nitrogen and oxygen atoms in total. The molecule has 0 aliphatic rings. The van der Waals surface area contributed by atoms with E-state index in [1.165, 1.54) is 6.26 Å². The molecule has 5 heteroatoms. The summed E-state index contributed by atoms with van der Waals surface area (Å²) in [5, 5.41) is 10.1. The molecule has 1 aromatic carbocycles. The topological polar surface area (TPSA) is 59.7 Å². The van der Waals surface area contributed by atoms with Crippen LogP contribution in [0.4, 0.5) is 0 Å². The van der Waals surface area contributed by atoms with Gasteiger partial charge in [0.25, 0.3) is 0 Å². The fourth-order valence-electron chi connectivity index (χ4n) is 1.88. The average molecular weight is 306 g/mol. The maximum atomic E-state index is 12.1. The van der Waals surface area contributed by atoms with Crippen LogP contribution in [0.3, 0.4) is 0 Å². The number of hydrogen-bond donors (Lipinski definition) is 1. The highest BCUT2D eigenvalue weighted by molar-refractivity contribution is 8.13. The second-order valence-corrected chi connectivity index (χ2v) is 5.70. The molecule has 2 atom stereocenters. The third kappa shape index (κ3) is 4.46. The molecular weight excluding hydrogens is 288 g/mol. The van der Waals surface area contributed by atoms with Crippen molar-refractivity contribution in [2.45, 2.75) is 25.7 Å². The number of carbonyl (C=O) groups excluding carboxylic acids is 1. The Labute approximate surface area is 128 Å². The van der Waals surface area contributed by atoms with Gasteiger partial charge in [0.15, 0.2) is 6.10 Å². The van der Waals surface area contributed by atoms with Gasteiger partial charge in [-0.05, 0) is 23.4 Å². The predicted molar refractivity (Wildman–Crippen MR) is 81.8 cm³/mol. The van der Waals surface area contributed by atoms with E-state index in [4.69, 9.17) is 9.15 Å². The average Bonchev–Trinajstić information content (AvgIpc) is 3.03. The Morgan fingerprint density at radius 1 is 1.29 bits per heavy atom. The number of furan rings is 1. The van der Waals surface area contributed by atoms with E-state index in [0.717, 1.165) is 17.3 Å². The molecule has 21 heavy (non-hydrogen) atoms. The van der Waals surface area contributed by atoms with E-state index < -0.39 is 12.2 Å². The van der Waals surface area contributed by atoms with Gasteiger partial charge in [-0.1, -0.05) is 49.0 Å². The molecule has 0 saturated carbocycles. The van der Waals surface area contributed by atoms with Crippen LogP contribution in [0.25, 0.3) is 0 Å². The van der Waals surface area contributed by atoms with E-state index in [0.29, 0.717) is 11.5 Å². The third-order valence-corrected chi connectivity index (χ3v) is 3.72. The first-order chi connectivity index (χ1) is 10.2. The molecule has 0 bridgehead atoms. The number of aliphatic hydroxyl groups is 1. The van der Waals surface area contributed by atoms with E-state index in [2.05, 4.69) is 0 Å². The number of ether oxygens (including phenoxy) is 1. The fraction of sp³-hybridized carbons (Fsp3) is 0.312. The zero-order valence-electron chi connectivity index (χ0n) is 11.8. The summed E-state index contributed by atoms with van der Waals surface area (Å²) in [6, 6.07) is 12.8. The van der Waals surface area contributed by atoms with E-state index in [-0.39, 0.29) is 11.7 Å². The third-order valence-electron chi connectivity index (χ3n) is 2.91. The van der Waals surface area contributed by atoms with Crippen LogP contribution in [0.2, 0.25) is 0 Å². The zero-order chi connectivity index (χ0) is 15.1. The van der Waals surface area contributed by atoms with Gasteiger partial charge < -0.3 is 14.3 Å². The van der Waals surface area contributed by atoms with Gasteiger partial charge in [-0.3, -0.25) is 4.79 Å². The second-order valence-electron chi connectivity index (χ2n) is 4.43. The standard InChI is InChI=1S/C16H18O4S/c1-2-21-16(18)15(14(17)13-9-6-10-19-13)20-11-12-7-4-3-5-8-12/h3-10,14-15,17H,2,11H2,1H3/t14-,15-/m1/s1. The van der Waals surface area contributed by atoms with E-state index in [9.17, 15) is 9.90 Å². The van der Waals surface area contributed by atoms with Gasteiger partial charge in [0, 0.05) is 0 Å². The molecule has 0 saturated heterocycles. The Morgan fingerprint density at radius 3 is 2.67 bits per heavy atom. The lowest BCUT2D eigenvalue weighted by atomic mass is 10.1. The van der Waals surface area contributed by atoms with Crippen molar-refractivity contribution < 1.29 is 19.1 Å². The number of hydrogen-bond acceptors (Lipinski definition) is 5. The Hall–Kier alpha value is -1.56. The molecule has 112 valence electrons. The smallest absolute Gasteiger partial charge is 0.220 e. The highest BCUT2D eigenvalue weighted by Crippen LogP contribution is 2.25. The number of rotatable bonds is 7. The Kier molecular flexibility index (Phi) is 6.04. The molecule has 2 aromatic rings. The zero-order valence-corrected chi connectivity index (χ0v) is 12.6. The van der Waals surface area contributed by atoms with Crippen LogP contribution in [0.5, 0.6) is 0 Å². The molecule has 1 heterocycles. The first kappa shape index (κ1) is 15.8. The first-order valence-electron chi connectivity index (χ1n) is 6.76. The summed E-state index contributed by atoms with van der Waals surface area (Å²) in [4.78, 5) is 12.1. The summed E-state index contributed by atoms with van der Waals surface area (Å²) in [6.45, 7) is 2.15. The number of aliphatic hydroxyl groups excluding tert-OH is 1. The van der Waals surface area contributed by atoms with Crippen molar-refractivity contribution in [1.29, 1.82) is 0 Å². The number of thioether (sulfide) groups is 1. The first-order valence-corrected chi connectivity index (χ1v) is 7.74. The van der Waals surface area contributed by atoms with Crippen LogP contribution in [0, 0.1) is 0 Å². The molecule has 0 unspecified atom stereocenters. The summed E-state index contributed by atoms with van der Waals surface area (Å²) in [5.41, 5.74) is 0.948. The number of carbonyl (C=O) groups is 1. The Bertz CT molecular complexity index is 539. The van der Waals surface area contributed by atoms with Crippen molar-refractivity contribution in [3.05, 3.63) is 60.1 Å². The van der Waals surface area contributed by atoms with Crippen LogP contribution in [-0.4, -0.2) is 22.1 Å². The van der Waals surface area contributed by atoms with Crippen molar-refractivity contribution >= 4 is 16.9 Å². The predicted octanol–water partition coefficient (Wildman–Crippen LogP) is 3.18. The van der Waals surface area contributed by atoms with Crippen LogP contribution in [-0.2, 0) is 16.1 Å². The normalized spacial score (nSPS) is 13.8. The fourth-order valence-corrected chi connectivity index (χ4v) is 2.53. The largest absolute Gasteiger partial charge is 0.466 e. The maximum Gasteiger partial charge on any atom is 0.220 e. The van der Waals surface area contributed by atoms with E-state index >= 15 is 0 Å². The molecule has 0 aliphatic carbocycles. The summed E-state index contributed by atoms with van der Waals surface area (Å²) < 4.78 is 10.8. The van der Waals surface area contributed by atoms with Crippen molar-refractivity contribution in [2.24, 2.45) is 0 Å². The van der Waals surface area contributed by atoms with Gasteiger partial charge in [0.1, 0.15) is 11.9 Å². The molecule has 0 radical (unpaired) electrons. The quantitative estimate of drug-likeness (QED) is 0.851. The molecular formula is C16H18O4S. The maximum absolute atomic E-state index is 12.1. The van der Waals surface area contributed by atoms with Crippen molar-refractivity contribution in [3.8, 4) is 0 Å². The molecule has 0 aliphatic heterocycles. The number of benzene rings is 1. The minimum Gasteiger partial charge on any atom is -0.466 e. The van der Waals surface area contributed by atoms with Gasteiger partial charge >= 0.3 is 0 Å². The van der Waals surface area contributed by atoms with Gasteiger partial charge in [-0.25, -0.2) is 0 Å². The lowest BCUT2D eigenvalue weighted by Crippen LogP contribution is -2.29. The van der Waals surface area contributed by atoms with Gasteiger partial charge in [0.2, 0.25) is 5.12 Å². The molecule has 1 N–H and O–H groups in total. The summed E-state index contributed by atoms with van der Waals surface area (Å²) in [5.74, 6) is 0.965. The molecule has 1 aromatic heterocycles. The lowest BCUT2D eigenvalue weighted by Gasteiger charge is -2.20. The summed E-state index contributed by atoms with van der Waals surface area (Å²) >= 11 is 1.13. The molecule has 0 amide bonds. The summed E-state index contributed by atoms with van der Waals surface area (Å²) in [7, 11) is 0. The Morgan fingerprint density at radius 2 is 2.05 bits per heavy atom. The van der Waals surface area contributed by atoms with Crippen molar-refractivity contribution in [2.75, 3.05) is 5.75 Å². The lowest BCUT2D eigenvalue weighted by molar-refractivity contribution is -0.132. The monoisotopic (exact) mass is 306 g/mol. The van der Waals surface area contributed by atoms with E-state index in [1.54, 1.807) is 12.1 Å². The minimum atomic E-state index is -1.10. The van der Waals surface area contributed by atoms with Gasteiger partial charge in [0.05, 0.1) is 12.9 Å². The highest BCUT2D eigenvalue weighted by atomic mass is 32.2. The van der Waals surface area contributed by atoms with E-state index in [1.807, 2.05) is 37.3 Å². The van der Waals surface area contributed by atoms with Crippen LogP contribution in [0.15, 0.2) is 53.1 Å². The van der Waals surface area contributed by atoms with Gasteiger partial charge in [-0.2, -0.15) is 0 Å². The van der Waals surface area contributed by atoms with Crippen LogP contribution >= 0.6 is 11.8 Å². The molecule has 2 rings (SSSR count). The van der Waals surface area contributed by atoms with Crippen LogP contribution < -0.4 is 0 Å². The molecule has 0 spiro atoms. The highest BCUT2D eigenvalue weighted by Gasteiger charge is 2.30. The SMILES string of the molecule is CCSC(=O)[C@H](OCc1ccccc1)[C@H](O)c1ccco1. The minimum absolute atomic E-state index is 0.197. The van der Waals surface area contributed by atoms with Gasteiger partial charge in [-0.15, -0.1) is 0 Å². The summed E-state index contributed by atoms with van der Waals surface area (Å²) in [6.07, 6.45) is -0.582. The van der Waals surface area contributed by atoms with Crippen LogP contribution in [0.1, 0.15) is 24.4 Å². The van der Waals surface area contributed by atoms with Crippen molar-refractivity contribution in [1.82, 2.24) is 0 Å². The second kappa shape index (κ2) is 8.02. The van der Waals surface area contributed by atoms with Crippen molar-refractivity contribution in [3.63, 3.8) is 0 Å². The Balaban J connectivity index is 2.07.